The Labute approximate surface area is 653 Å². The number of carbonyl (C=O) groups excluding carboxylic acids is 4. The van der Waals surface area contributed by atoms with Crippen molar-refractivity contribution in [3.63, 3.8) is 0 Å². The molecule has 0 amide bonds. The second-order valence-electron chi connectivity index (χ2n) is 26.2. The van der Waals surface area contributed by atoms with E-state index in [9.17, 15) is 43.2 Å². The molecule has 0 radical (unpaired) electrons. The zero-order valence-electron chi connectivity index (χ0n) is 66.7. The van der Waals surface area contributed by atoms with Gasteiger partial charge in [0.2, 0.25) is 0 Å². The summed E-state index contributed by atoms with van der Waals surface area (Å²) in [5, 5.41) is 10.6. The van der Waals surface area contributed by atoms with Gasteiger partial charge < -0.3 is 33.8 Å². The van der Waals surface area contributed by atoms with Crippen LogP contribution < -0.4 is 0 Å². The fraction of sp³-hybridized carbons (Fsp3) is 0.596. The van der Waals surface area contributed by atoms with Gasteiger partial charge in [-0.2, -0.15) is 0 Å². The average Bonchev–Trinajstić information content (AvgIpc) is 0.897. The van der Waals surface area contributed by atoms with Crippen molar-refractivity contribution in [3.8, 4) is 0 Å². The largest absolute Gasteiger partial charge is 0.472 e. The summed E-state index contributed by atoms with van der Waals surface area (Å²) in [6.07, 6.45) is 97.3. The number of aliphatic hydroxyl groups is 1. The van der Waals surface area contributed by atoms with Crippen LogP contribution in [-0.2, 0) is 65.4 Å². The van der Waals surface area contributed by atoms with Crippen molar-refractivity contribution in [2.45, 2.75) is 303 Å². The van der Waals surface area contributed by atoms with Crippen molar-refractivity contribution in [2.24, 2.45) is 0 Å². The minimum Gasteiger partial charge on any atom is -0.462 e. The number of aliphatic hydroxyl groups excluding tert-OH is 1. The number of ether oxygens (including phenoxy) is 4. The highest BCUT2D eigenvalue weighted by Crippen LogP contribution is 2.45. The highest BCUT2D eigenvalue weighted by molar-refractivity contribution is 7.47. The number of hydrogen-bond donors (Lipinski definition) is 3. The normalized spacial score (nSPS) is 14.8. The van der Waals surface area contributed by atoms with Crippen LogP contribution in [0.4, 0.5) is 0 Å². The van der Waals surface area contributed by atoms with Gasteiger partial charge in [0.25, 0.3) is 0 Å². The SMILES string of the molecule is CC/C=C\C/C=C\C/C=C\C/C=C\C/C=C\C/C=C\CCC(=O)OC[C@H](COP(=O)(O)OC[C@@H](O)COP(=O)(O)OC[C@@H](COC(=O)CCCCCCCCCCCCCCC)OC(=O)CCC/C=C\C/C=C\C/C=C\C/C=C\CCCCC)OC(=O)CC/C=C\C/C=C\C/C=C\C/C=C\C/C=C\C/C=C\CC. The molecule has 0 aliphatic carbocycles. The molecule has 0 saturated carbocycles. The summed E-state index contributed by atoms with van der Waals surface area (Å²) in [5.41, 5.74) is 0. The van der Waals surface area contributed by atoms with Crippen LogP contribution in [0.5, 0.6) is 0 Å². The summed E-state index contributed by atoms with van der Waals surface area (Å²) >= 11 is 0. The van der Waals surface area contributed by atoms with Crippen molar-refractivity contribution in [1.82, 2.24) is 0 Å². The molecule has 0 aliphatic heterocycles. The summed E-state index contributed by atoms with van der Waals surface area (Å²) in [4.78, 5) is 73.0. The van der Waals surface area contributed by atoms with Crippen molar-refractivity contribution in [2.75, 3.05) is 39.6 Å². The second-order valence-corrected chi connectivity index (χ2v) is 29.2. The fourth-order valence-corrected chi connectivity index (χ4v) is 11.5. The third-order valence-electron chi connectivity index (χ3n) is 16.1. The number of phosphoric acid groups is 2. The number of phosphoric ester groups is 2. The van der Waals surface area contributed by atoms with E-state index in [1.807, 2.05) is 48.6 Å². The number of allylic oxidation sites excluding steroid dienone is 32. The molecular formula is C89H142O17P2. The first-order chi connectivity index (χ1) is 52.7. The van der Waals surface area contributed by atoms with Gasteiger partial charge in [-0.05, 0) is 141 Å². The molecule has 5 atom stereocenters. The van der Waals surface area contributed by atoms with E-state index in [4.69, 9.17) is 37.0 Å². The molecule has 108 heavy (non-hydrogen) atoms. The minimum atomic E-state index is -5.03. The Hall–Kier alpha value is -6.10. The summed E-state index contributed by atoms with van der Waals surface area (Å²) in [6, 6.07) is 0. The highest BCUT2D eigenvalue weighted by atomic mass is 31.2. The van der Waals surface area contributed by atoms with E-state index >= 15 is 0 Å². The highest BCUT2D eigenvalue weighted by Gasteiger charge is 2.30. The molecule has 0 rings (SSSR count). The molecule has 0 aromatic heterocycles. The monoisotopic (exact) mass is 1540 g/mol. The van der Waals surface area contributed by atoms with Gasteiger partial charge in [0.05, 0.1) is 26.4 Å². The standard InChI is InChI=1S/C89H142O17P2/c1-5-9-13-17-21-25-29-33-36-39-41-44-46-50-54-58-62-66-70-74-87(92)100-80-85(106-89(94)76-72-68-64-60-56-52-48-45-42-40-37-34-30-26-22-18-14-10-6-2)82-104-108(97,98)102-78-83(90)77-101-107(95,96)103-81-84(79-99-86(91)73-69-65-61-57-53-49-32-28-24-20-16-12-8-4)105-88(93)75-71-67-63-59-55-51-47-43-38-35-31-27-23-19-15-11-7-3/h9-10,13-14,21-23,25-27,33-38,41-42,44-45,47,50-52,54,56,59,62-64,66,68,83-85,90H,5-8,11-12,15-20,24,28-32,39-40,43,46,48-49,53,55,57-58,60-61,65,67,69-82H2,1-4H3,(H,95,96)(H,97,98)/b13-9-,14-10-,25-21-,26-22-,27-23-,36-33-,37-34-,38-35-,44-41-,45-42-,51-47-,54-50-,56-52-,63-59-,66-62-,68-64-/t83-,84+,85+/m0/s1. The predicted octanol–water partition coefficient (Wildman–Crippen LogP) is 24.1. The molecule has 2 unspecified atom stereocenters. The van der Waals surface area contributed by atoms with Crippen LogP contribution in [0.25, 0.3) is 0 Å². The van der Waals surface area contributed by atoms with Gasteiger partial charge >= 0.3 is 39.5 Å². The Morgan fingerprint density at radius 2 is 0.509 bits per heavy atom. The van der Waals surface area contributed by atoms with Crippen molar-refractivity contribution < 1.29 is 80.2 Å². The van der Waals surface area contributed by atoms with E-state index in [-0.39, 0.29) is 25.7 Å². The van der Waals surface area contributed by atoms with Crippen LogP contribution in [0.2, 0.25) is 0 Å². The molecule has 17 nitrogen and oxygen atoms in total. The Bertz CT molecular complexity index is 2810. The van der Waals surface area contributed by atoms with Crippen LogP contribution in [0.3, 0.4) is 0 Å². The van der Waals surface area contributed by atoms with Gasteiger partial charge in [-0.15, -0.1) is 0 Å². The zero-order valence-corrected chi connectivity index (χ0v) is 68.5. The van der Waals surface area contributed by atoms with Crippen molar-refractivity contribution in [3.05, 3.63) is 194 Å². The van der Waals surface area contributed by atoms with Crippen molar-refractivity contribution >= 4 is 39.5 Å². The third kappa shape index (κ3) is 78.0. The van der Waals surface area contributed by atoms with Gasteiger partial charge in [0, 0.05) is 25.7 Å². The number of esters is 4. The molecule has 0 aromatic rings. The Morgan fingerprint density at radius 1 is 0.269 bits per heavy atom. The first-order valence-electron chi connectivity index (χ1n) is 40.7. The maximum absolute atomic E-state index is 13.1. The molecule has 3 N–H and O–H groups in total. The molecule has 0 bridgehead atoms. The van der Waals surface area contributed by atoms with Crippen LogP contribution in [-0.4, -0.2) is 96.7 Å². The van der Waals surface area contributed by atoms with E-state index in [1.54, 1.807) is 0 Å². The van der Waals surface area contributed by atoms with Crippen LogP contribution in [0.1, 0.15) is 285 Å². The summed E-state index contributed by atoms with van der Waals surface area (Å²) in [7, 11) is -10.0. The maximum Gasteiger partial charge on any atom is 0.472 e. The lowest BCUT2D eigenvalue weighted by Crippen LogP contribution is -2.30. The number of carbonyl (C=O) groups is 4. The Morgan fingerprint density at radius 3 is 0.843 bits per heavy atom. The molecule has 0 heterocycles. The molecule has 0 aliphatic rings. The van der Waals surface area contributed by atoms with Crippen LogP contribution >= 0.6 is 15.6 Å². The molecule has 19 heteroatoms. The lowest BCUT2D eigenvalue weighted by Gasteiger charge is -2.21. The second kappa shape index (κ2) is 79.0. The van der Waals surface area contributed by atoms with E-state index in [2.05, 4.69) is 174 Å². The maximum atomic E-state index is 13.1. The van der Waals surface area contributed by atoms with E-state index < -0.39 is 97.5 Å². The Balaban J connectivity index is 5.58. The summed E-state index contributed by atoms with van der Waals surface area (Å²) < 4.78 is 68.4. The van der Waals surface area contributed by atoms with E-state index in [0.29, 0.717) is 44.9 Å². The molecule has 610 valence electrons. The zero-order chi connectivity index (χ0) is 78.9. The third-order valence-corrected chi connectivity index (χ3v) is 18.0. The number of hydrogen-bond acceptors (Lipinski definition) is 15. The first kappa shape index (κ1) is 102. The summed E-state index contributed by atoms with van der Waals surface area (Å²) in [5.74, 6) is -2.45. The van der Waals surface area contributed by atoms with Crippen LogP contribution in [0, 0.1) is 0 Å². The lowest BCUT2D eigenvalue weighted by molar-refractivity contribution is -0.161. The van der Waals surface area contributed by atoms with Crippen molar-refractivity contribution in [1.29, 1.82) is 0 Å². The molecule has 0 aromatic carbocycles. The number of unbranched alkanes of at least 4 members (excludes halogenated alkanes) is 16. The van der Waals surface area contributed by atoms with E-state index in [0.717, 1.165) is 116 Å². The molecular weight excluding hydrogens is 1400 g/mol. The van der Waals surface area contributed by atoms with Gasteiger partial charge in [0.1, 0.15) is 19.3 Å². The first-order valence-corrected chi connectivity index (χ1v) is 43.7. The Kier molecular flexibility index (Phi) is 74.5. The van der Waals surface area contributed by atoms with Crippen LogP contribution in [0.15, 0.2) is 194 Å². The predicted molar refractivity (Wildman–Crippen MR) is 445 cm³/mol. The van der Waals surface area contributed by atoms with Gasteiger partial charge in [-0.3, -0.25) is 37.3 Å². The van der Waals surface area contributed by atoms with Gasteiger partial charge in [0.15, 0.2) is 12.2 Å². The van der Waals surface area contributed by atoms with E-state index in [1.165, 1.54) is 70.6 Å². The van der Waals surface area contributed by atoms with Gasteiger partial charge in [-0.1, -0.05) is 312 Å². The average molecular weight is 1550 g/mol. The smallest absolute Gasteiger partial charge is 0.462 e. The topological polar surface area (TPSA) is 237 Å². The molecule has 0 saturated heterocycles. The molecule has 0 spiro atoms. The van der Waals surface area contributed by atoms with Gasteiger partial charge in [-0.25, -0.2) is 9.13 Å². The molecule has 0 fully saturated rings. The summed E-state index contributed by atoms with van der Waals surface area (Å²) in [6.45, 7) is 4.36. The quantitative estimate of drug-likeness (QED) is 0.0169. The fourth-order valence-electron chi connectivity index (χ4n) is 9.97. The number of rotatable bonds is 74. The lowest BCUT2D eigenvalue weighted by atomic mass is 10.0. The minimum absolute atomic E-state index is 0.0106.